The maximum Gasteiger partial charge on any atom is 0.328 e. The first-order valence-corrected chi connectivity index (χ1v) is 6.22. The Morgan fingerprint density at radius 1 is 1.29 bits per heavy atom. The Labute approximate surface area is 103 Å². The molecule has 0 aliphatic heterocycles. The van der Waals surface area contributed by atoms with Gasteiger partial charge in [0.2, 0.25) is 5.91 Å². The van der Waals surface area contributed by atoms with E-state index in [2.05, 4.69) is 19.2 Å². The molecule has 17 heavy (non-hydrogen) atoms. The molecule has 0 radical (unpaired) electrons. The van der Waals surface area contributed by atoms with Gasteiger partial charge in [-0.15, -0.1) is 0 Å². The molecule has 0 bridgehead atoms. The highest BCUT2D eigenvalue weighted by Crippen LogP contribution is 2.40. The number of nitrogens with one attached hydrogen (secondary N) is 1. The molecule has 1 fully saturated rings. The highest BCUT2D eigenvalue weighted by Gasteiger charge is 2.40. The fraction of sp³-hybridized carbons (Fsp3) is 0.846. The van der Waals surface area contributed by atoms with Gasteiger partial charge in [0.1, 0.15) is 5.54 Å². The minimum Gasteiger partial charge on any atom is -0.480 e. The van der Waals surface area contributed by atoms with Gasteiger partial charge in [0.15, 0.2) is 0 Å². The molecule has 1 saturated carbocycles. The predicted octanol–water partition coefficient (Wildman–Crippen LogP) is 2.18. The summed E-state index contributed by atoms with van der Waals surface area (Å²) in [6.45, 7) is 7.21. The number of hydrogen-bond acceptors (Lipinski definition) is 2. The second-order valence-corrected chi connectivity index (χ2v) is 6.21. The maximum atomic E-state index is 12.2. The Morgan fingerprint density at radius 2 is 1.88 bits per heavy atom. The minimum absolute atomic E-state index is 0.0308. The summed E-state index contributed by atoms with van der Waals surface area (Å²) in [7, 11) is 0. The first-order chi connectivity index (χ1) is 7.67. The van der Waals surface area contributed by atoms with Crippen LogP contribution in [0.25, 0.3) is 0 Å². The lowest BCUT2D eigenvalue weighted by atomic mass is 9.68. The molecule has 1 unspecified atom stereocenters. The molecule has 0 spiro atoms. The number of carboxylic acid groups (broad SMARTS) is 1. The molecule has 98 valence electrons. The molecule has 4 heteroatoms. The van der Waals surface area contributed by atoms with Gasteiger partial charge in [0.25, 0.3) is 0 Å². The summed E-state index contributed by atoms with van der Waals surface area (Å²) in [6.07, 6.45) is 4.08. The first-order valence-electron chi connectivity index (χ1n) is 6.22. The van der Waals surface area contributed by atoms with Crippen molar-refractivity contribution in [2.75, 3.05) is 0 Å². The zero-order valence-corrected chi connectivity index (χ0v) is 11.2. The molecule has 0 aromatic rings. The van der Waals surface area contributed by atoms with E-state index in [1.807, 2.05) is 0 Å². The van der Waals surface area contributed by atoms with Crippen LogP contribution < -0.4 is 5.32 Å². The van der Waals surface area contributed by atoms with Crippen molar-refractivity contribution in [3.8, 4) is 0 Å². The summed E-state index contributed by atoms with van der Waals surface area (Å²) in [5.41, 5.74) is -1.22. The van der Waals surface area contributed by atoms with Crippen LogP contribution in [0.15, 0.2) is 0 Å². The Balaban J connectivity index is 2.73. The Morgan fingerprint density at radius 3 is 2.35 bits per heavy atom. The smallest absolute Gasteiger partial charge is 0.328 e. The van der Waals surface area contributed by atoms with Crippen molar-refractivity contribution in [3.63, 3.8) is 0 Å². The van der Waals surface area contributed by atoms with Crippen LogP contribution in [0.2, 0.25) is 0 Å². The van der Waals surface area contributed by atoms with Crippen LogP contribution in [0.3, 0.4) is 0 Å². The quantitative estimate of drug-likeness (QED) is 0.796. The summed E-state index contributed by atoms with van der Waals surface area (Å²) >= 11 is 0. The highest BCUT2D eigenvalue weighted by atomic mass is 16.4. The van der Waals surface area contributed by atoms with Crippen LogP contribution in [0, 0.1) is 11.3 Å². The largest absolute Gasteiger partial charge is 0.480 e. The molecule has 1 atom stereocenters. The Bertz CT molecular complexity index is 321. The SMILES string of the molecule is CC(C)(NC(=O)C1CCCCC1(C)C)C(=O)O. The van der Waals surface area contributed by atoms with E-state index in [-0.39, 0.29) is 17.2 Å². The summed E-state index contributed by atoms with van der Waals surface area (Å²) in [6, 6.07) is 0. The lowest BCUT2D eigenvalue weighted by Crippen LogP contribution is -2.53. The van der Waals surface area contributed by atoms with Gasteiger partial charge in [-0.05, 0) is 32.1 Å². The maximum absolute atomic E-state index is 12.2. The molecule has 0 aromatic heterocycles. The summed E-state index contributed by atoms with van der Waals surface area (Å²) in [5, 5.41) is 11.6. The summed E-state index contributed by atoms with van der Waals surface area (Å²) in [4.78, 5) is 23.1. The number of carbonyl (C=O) groups is 2. The zero-order chi connectivity index (χ0) is 13.3. The second kappa shape index (κ2) is 4.67. The van der Waals surface area contributed by atoms with E-state index < -0.39 is 11.5 Å². The molecule has 1 aliphatic carbocycles. The second-order valence-electron chi connectivity index (χ2n) is 6.21. The number of rotatable bonds is 3. The van der Waals surface area contributed by atoms with Crippen molar-refractivity contribution in [2.24, 2.45) is 11.3 Å². The third-order valence-corrected chi connectivity index (χ3v) is 3.79. The fourth-order valence-corrected chi connectivity index (χ4v) is 2.43. The number of carboxylic acids is 1. The normalized spacial score (nSPS) is 24.1. The van der Waals surface area contributed by atoms with Crippen LogP contribution in [0.5, 0.6) is 0 Å². The van der Waals surface area contributed by atoms with E-state index in [9.17, 15) is 9.59 Å². The van der Waals surface area contributed by atoms with E-state index >= 15 is 0 Å². The van der Waals surface area contributed by atoms with Gasteiger partial charge in [-0.3, -0.25) is 4.79 Å². The third kappa shape index (κ3) is 3.20. The molecule has 1 aliphatic rings. The highest BCUT2D eigenvalue weighted by molar-refractivity contribution is 5.87. The zero-order valence-electron chi connectivity index (χ0n) is 11.2. The number of hydrogen-bond donors (Lipinski definition) is 2. The topological polar surface area (TPSA) is 66.4 Å². The van der Waals surface area contributed by atoms with Crippen LogP contribution in [-0.2, 0) is 9.59 Å². The molecule has 0 saturated heterocycles. The van der Waals surface area contributed by atoms with E-state index in [1.165, 1.54) is 13.8 Å². The van der Waals surface area contributed by atoms with Gasteiger partial charge in [-0.2, -0.15) is 0 Å². The molecule has 0 heterocycles. The number of carbonyl (C=O) groups excluding carboxylic acids is 1. The molecule has 1 amide bonds. The molecule has 4 nitrogen and oxygen atoms in total. The first kappa shape index (κ1) is 14.0. The van der Waals surface area contributed by atoms with Gasteiger partial charge in [0, 0.05) is 5.92 Å². The average Bonchev–Trinajstić information content (AvgIpc) is 2.15. The Kier molecular flexibility index (Phi) is 3.84. The average molecular weight is 241 g/mol. The van der Waals surface area contributed by atoms with E-state index in [1.54, 1.807) is 0 Å². The van der Waals surface area contributed by atoms with Crippen molar-refractivity contribution in [2.45, 2.75) is 58.9 Å². The molecule has 2 N–H and O–H groups in total. The number of amides is 1. The minimum atomic E-state index is -1.19. The number of aliphatic carboxylic acids is 1. The van der Waals surface area contributed by atoms with Crippen LogP contribution in [0.1, 0.15) is 53.4 Å². The van der Waals surface area contributed by atoms with E-state index in [0.29, 0.717) is 0 Å². The van der Waals surface area contributed by atoms with Gasteiger partial charge in [-0.25, -0.2) is 4.79 Å². The molecule has 0 aromatic carbocycles. The third-order valence-electron chi connectivity index (χ3n) is 3.79. The molecular formula is C13H23NO3. The standard InChI is InChI=1S/C13H23NO3/c1-12(2)8-6-5-7-9(12)10(15)14-13(3,4)11(16)17/h9H,5-8H2,1-4H3,(H,14,15)(H,16,17). The van der Waals surface area contributed by atoms with Gasteiger partial charge < -0.3 is 10.4 Å². The van der Waals surface area contributed by atoms with Crippen molar-refractivity contribution in [1.82, 2.24) is 5.32 Å². The van der Waals surface area contributed by atoms with Crippen LogP contribution in [-0.4, -0.2) is 22.5 Å². The van der Waals surface area contributed by atoms with Crippen molar-refractivity contribution in [3.05, 3.63) is 0 Å². The molecular weight excluding hydrogens is 218 g/mol. The lowest BCUT2D eigenvalue weighted by Gasteiger charge is -2.38. The van der Waals surface area contributed by atoms with Gasteiger partial charge >= 0.3 is 5.97 Å². The van der Waals surface area contributed by atoms with Crippen LogP contribution in [0.4, 0.5) is 0 Å². The van der Waals surface area contributed by atoms with Crippen molar-refractivity contribution >= 4 is 11.9 Å². The van der Waals surface area contributed by atoms with Crippen molar-refractivity contribution < 1.29 is 14.7 Å². The van der Waals surface area contributed by atoms with Gasteiger partial charge in [-0.1, -0.05) is 26.7 Å². The van der Waals surface area contributed by atoms with E-state index in [4.69, 9.17) is 5.11 Å². The Hall–Kier alpha value is -1.06. The van der Waals surface area contributed by atoms with Crippen molar-refractivity contribution in [1.29, 1.82) is 0 Å². The predicted molar refractivity (Wildman–Crippen MR) is 65.6 cm³/mol. The summed E-state index contributed by atoms with van der Waals surface area (Å²) < 4.78 is 0. The fourth-order valence-electron chi connectivity index (χ4n) is 2.43. The van der Waals surface area contributed by atoms with E-state index in [0.717, 1.165) is 25.7 Å². The van der Waals surface area contributed by atoms with Crippen LogP contribution >= 0.6 is 0 Å². The molecule has 1 rings (SSSR count). The monoisotopic (exact) mass is 241 g/mol. The van der Waals surface area contributed by atoms with Gasteiger partial charge in [0.05, 0.1) is 0 Å². The lowest BCUT2D eigenvalue weighted by molar-refractivity contribution is -0.148. The summed E-state index contributed by atoms with van der Waals surface area (Å²) in [5.74, 6) is -1.20.